The fourth-order valence-corrected chi connectivity index (χ4v) is 2.90. The lowest BCUT2D eigenvalue weighted by atomic mass is 9.93. The van der Waals surface area contributed by atoms with Crippen LogP contribution < -0.4 is 0 Å². The molecule has 0 radical (unpaired) electrons. The van der Waals surface area contributed by atoms with Crippen LogP contribution in [0.2, 0.25) is 0 Å². The van der Waals surface area contributed by atoms with Gasteiger partial charge in [0.1, 0.15) is 5.82 Å². The van der Waals surface area contributed by atoms with Crippen molar-refractivity contribution in [2.45, 2.75) is 19.3 Å². The molecule has 3 aromatic rings. The first-order valence-electron chi connectivity index (χ1n) is 7.94. The number of hydrogen-bond acceptors (Lipinski definition) is 4. The largest absolute Gasteiger partial charge is 0.341 e. The van der Waals surface area contributed by atoms with E-state index in [0.717, 1.165) is 15.7 Å². The standard InChI is InChI=1S/C19H17BrN4O/c1-2-15(17(21)18(25)12-5-7-14(20)8-6-12)19-23-11-16(24-19)13-4-3-9-22-10-13/h3-11,15,21H,2H2,1H3,(H,23,24). The number of halogens is 1. The van der Waals surface area contributed by atoms with Crippen molar-refractivity contribution in [2.24, 2.45) is 0 Å². The van der Waals surface area contributed by atoms with Crippen molar-refractivity contribution in [2.75, 3.05) is 0 Å². The van der Waals surface area contributed by atoms with Crippen LogP contribution in [-0.2, 0) is 0 Å². The molecule has 2 aromatic heterocycles. The minimum Gasteiger partial charge on any atom is -0.341 e. The van der Waals surface area contributed by atoms with Gasteiger partial charge in [-0.3, -0.25) is 9.78 Å². The second kappa shape index (κ2) is 7.53. The number of aromatic amines is 1. The van der Waals surface area contributed by atoms with E-state index in [-0.39, 0.29) is 17.4 Å². The van der Waals surface area contributed by atoms with Gasteiger partial charge in [-0.25, -0.2) is 4.98 Å². The van der Waals surface area contributed by atoms with Gasteiger partial charge in [-0.1, -0.05) is 22.9 Å². The van der Waals surface area contributed by atoms with Crippen molar-refractivity contribution in [3.8, 4) is 11.3 Å². The molecule has 2 N–H and O–H groups in total. The Labute approximate surface area is 154 Å². The SMILES string of the molecule is CCC(C(=N)C(=O)c1ccc(Br)cc1)c1ncc(-c2cccnc2)[nH]1. The van der Waals surface area contributed by atoms with Crippen LogP contribution in [-0.4, -0.2) is 26.4 Å². The van der Waals surface area contributed by atoms with Gasteiger partial charge >= 0.3 is 0 Å². The Bertz CT molecular complexity index is 887. The summed E-state index contributed by atoms with van der Waals surface area (Å²) in [6, 6.07) is 10.8. The van der Waals surface area contributed by atoms with Gasteiger partial charge in [0.25, 0.3) is 0 Å². The molecule has 6 heteroatoms. The van der Waals surface area contributed by atoms with E-state index in [0.29, 0.717) is 17.8 Å². The maximum Gasteiger partial charge on any atom is 0.207 e. The first-order chi connectivity index (χ1) is 12.1. The molecule has 0 aliphatic carbocycles. The second-order valence-corrected chi connectivity index (χ2v) is 6.55. The van der Waals surface area contributed by atoms with Crippen molar-refractivity contribution in [1.29, 1.82) is 5.41 Å². The summed E-state index contributed by atoms with van der Waals surface area (Å²) in [4.78, 5) is 24.3. The summed E-state index contributed by atoms with van der Waals surface area (Å²) >= 11 is 3.35. The molecular formula is C19H17BrN4O. The van der Waals surface area contributed by atoms with E-state index in [1.54, 1.807) is 42.9 Å². The number of benzene rings is 1. The summed E-state index contributed by atoms with van der Waals surface area (Å²) in [6.45, 7) is 1.94. The summed E-state index contributed by atoms with van der Waals surface area (Å²) in [5.74, 6) is -0.0305. The molecule has 0 aliphatic rings. The molecule has 0 fully saturated rings. The van der Waals surface area contributed by atoms with E-state index in [4.69, 9.17) is 5.41 Å². The van der Waals surface area contributed by atoms with Gasteiger partial charge in [-0.2, -0.15) is 0 Å². The lowest BCUT2D eigenvalue weighted by molar-refractivity contribution is 0.106. The van der Waals surface area contributed by atoms with Crippen molar-refractivity contribution in [1.82, 2.24) is 15.0 Å². The Balaban J connectivity index is 1.84. The Morgan fingerprint density at radius 2 is 2.00 bits per heavy atom. The van der Waals surface area contributed by atoms with Crippen LogP contribution in [0.5, 0.6) is 0 Å². The van der Waals surface area contributed by atoms with Gasteiger partial charge in [0.2, 0.25) is 5.78 Å². The predicted octanol–water partition coefficient (Wildman–Crippen LogP) is 4.63. The quantitative estimate of drug-likeness (QED) is 0.470. The van der Waals surface area contributed by atoms with Crippen LogP contribution in [0.3, 0.4) is 0 Å². The number of ketones is 1. The number of Topliss-reactive ketones (excluding diaryl/α,β-unsaturated/α-hetero) is 1. The predicted molar refractivity (Wildman–Crippen MR) is 101 cm³/mol. The Kier molecular flexibility index (Phi) is 5.19. The second-order valence-electron chi connectivity index (χ2n) is 5.63. The van der Waals surface area contributed by atoms with Crippen molar-refractivity contribution >= 4 is 27.4 Å². The van der Waals surface area contributed by atoms with E-state index >= 15 is 0 Å². The molecular weight excluding hydrogens is 380 g/mol. The topological polar surface area (TPSA) is 82.5 Å². The molecule has 25 heavy (non-hydrogen) atoms. The van der Waals surface area contributed by atoms with Crippen LogP contribution in [0, 0.1) is 5.41 Å². The average Bonchev–Trinajstić information content (AvgIpc) is 3.13. The minimum absolute atomic E-state index is 0.0388. The molecule has 1 aromatic carbocycles. The van der Waals surface area contributed by atoms with E-state index in [1.807, 2.05) is 19.1 Å². The summed E-state index contributed by atoms with van der Waals surface area (Å²) in [5, 5.41) is 8.36. The molecule has 126 valence electrons. The molecule has 0 aliphatic heterocycles. The van der Waals surface area contributed by atoms with E-state index in [9.17, 15) is 4.79 Å². The van der Waals surface area contributed by atoms with E-state index < -0.39 is 0 Å². The molecule has 5 nitrogen and oxygen atoms in total. The monoisotopic (exact) mass is 396 g/mol. The zero-order valence-electron chi connectivity index (χ0n) is 13.7. The number of hydrogen-bond donors (Lipinski definition) is 2. The number of carbonyl (C=O) groups is 1. The highest BCUT2D eigenvalue weighted by atomic mass is 79.9. The highest BCUT2D eigenvalue weighted by molar-refractivity contribution is 9.10. The van der Waals surface area contributed by atoms with Gasteiger partial charge in [0, 0.05) is 28.0 Å². The molecule has 0 saturated heterocycles. The van der Waals surface area contributed by atoms with Crippen LogP contribution >= 0.6 is 15.9 Å². The number of imidazole rings is 1. The fourth-order valence-electron chi connectivity index (χ4n) is 2.63. The third-order valence-electron chi connectivity index (χ3n) is 4.01. The van der Waals surface area contributed by atoms with Crippen LogP contribution in [0.15, 0.2) is 59.5 Å². The van der Waals surface area contributed by atoms with E-state index in [1.165, 1.54) is 0 Å². The lowest BCUT2D eigenvalue weighted by Gasteiger charge is -2.13. The van der Waals surface area contributed by atoms with Gasteiger partial charge < -0.3 is 10.4 Å². The normalized spacial score (nSPS) is 11.9. The molecule has 0 spiro atoms. The highest BCUT2D eigenvalue weighted by Gasteiger charge is 2.25. The number of pyridine rings is 1. The van der Waals surface area contributed by atoms with Gasteiger partial charge in [0.15, 0.2) is 0 Å². The Morgan fingerprint density at radius 1 is 1.24 bits per heavy atom. The number of nitrogens with zero attached hydrogens (tertiary/aromatic N) is 2. The average molecular weight is 397 g/mol. The molecule has 2 heterocycles. The minimum atomic E-state index is -0.374. The first kappa shape index (κ1) is 17.2. The maximum atomic E-state index is 12.6. The lowest BCUT2D eigenvalue weighted by Crippen LogP contribution is -2.22. The van der Waals surface area contributed by atoms with Crippen molar-refractivity contribution < 1.29 is 4.79 Å². The van der Waals surface area contributed by atoms with Crippen molar-refractivity contribution in [3.05, 3.63) is 70.8 Å². The Hall–Kier alpha value is -2.60. The number of rotatable bonds is 6. The van der Waals surface area contributed by atoms with Crippen LogP contribution in [0.25, 0.3) is 11.3 Å². The number of carbonyl (C=O) groups excluding carboxylic acids is 1. The number of H-pyrrole nitrogens is 1. The van der Waals surface area contributed by atoms with E-state index in [2.05, 4.69) is 30.9 Å². The molecule has 0 saturated carbocycles. The van der Waals surface area contributed by atoms with Gasteiger partial charge in [-0.05, 0) is 42.8 Å². The summed E-state index contributed by atoms with van der Waals surface area (Å²) in [6.07, 6.45) is 5.78. The zero-order valence-corrected chi connectivity index (χ0v) is 15.2. The van der Waals surface area contributed by atoms with Crippen LogP contribution in [0.1, 0.15) is 35.4 Å². The number of aromatic nitrogens is 3. The number of nitrogens with one attached hydrogen (secondary N) is 2. The fraction of sp³-hybridized carbons (Fsp3) is 0.158. The molecule has 0 bridgehead atoms. The molecule has 3 rings (SSSR count). The van der Waals surface area contributed by atoms with Crippen LogP contribution in [0.4, 0.5) is 0 Å². The highest BCUT2D eigenvalue weighted by Crippen LogP contribution is 2.24. The maximum absolute atomic E-state index is 12.6. The molecule has 1 unspecified atom stereocenters. The summed E-state index contributed by atoms with van der Waals surface area (Å²) in [7, 11) is 0. The van der Waals surface area contributed by atoms with Gasteiger partial charge in [0.05, 0.1) is 23.5 Å². The first-order valence-corrected chi connectivity index (χ1v) is 8.73. The smallest absolute Gasteiger partial charge is 0.207 e. The third kappa shape index (κ3) is 3.74. The summed E-state index contributed by atoms with van der Waals surface area (Å²) < 4.78 is 0.898. The molecule has 1 atom stereocenters. The summed E-state index contributed by atoms with van der Waals surface area (Å²) in [5.41, 5.74) is 2.29. The van der Waals surface area contributed by atoms with Crippen molar-refractivity contribution in [3.63, 3.8) is 0 Å². The zero-order chi connectivity index (χ0) is 17.8. The third-order valence-corrected chi connectivity index (χ3v) is 4.53. The Morgan fingerprint density at radius 3 is 2.64 bits per heavy atom. The molecule has 0 amide bonds. The van der Waals surface area contributed by atoms with Gasteiger partial charge in [-0.15, -0.1) is 0 Å².